The molecule has 0 aromatic heterocycles. The van der Waals surface area contributed by atoms with Gasteiger partial charge < -0.3 is 15.5 Å². The number of benzene rings is 1. The maximum absolute atomic E-state index is 11.7. The van der Waals surface area contributed by atoms with Crippen molar-refractivity contribution in [3.8, 4) is 5.75 Å². The highest BCUT2D eigenvalue weighted by atomic mass is 16.4. The van der Waals surface area contributed by atoms with Gasteiger partial charge in [0, 0.05) is 0 Å². The zero-order chi connectivity index (χ0) is 12.8. The van der Waals surface area contributed by atoms with Gasteiger partial charge in [-0.3, -0.25) is 4.79 Å². The van der Waals surface area contributed by atoms with Crippen LogP contribution >= 0.6 is 0 Å². The molecule has 5 nitrogen and oxygen atoms in total. The van der Waals surface area contributed by atoms with Crippen LogP contribution < -0.4 is 5.32 Å². The van der Waals surface area contributed by atoms with Crippen LogP contribution in [0.5, 0.6) is 5.75 Å². The van der Waals surface area contributed by atoms with E-state index in [-0.39, 0.29) is 11.3 Å². The first-order valence-corrected chi connectivity index (χ1v) is 5.38. The molecule has 1 atom stereocenters. The van der Waals surface area contributed by atoms with Crippen LogP contribution in [0.4, 0.5) is 0 Å². The van der Waals surface area contributed by atoms with E-state index in [0.717, 1.165) is 0 Å². The Hall–Kier alpha value is -2.04. The molecular formula is C12H15NO4. The summed E-state index contributed by atoms with van der Waals surface area (Å²) in [5.74, 6) is -1.81. The van der Waals surface area contributed by atoms with Crippen molar-refractivity contribution < 1.29 is 19.8 Å². The molecule has 1 aromatic rings. The average molecular weight is 237 g/mol. The second-order valence-corrected chi connectivity index (χ2v) is 3.67. The Balaban J connectivity index is 2.77. The molecule has 5 heteroatoms. The molecule has 0 radical (unpaired) electrons. The van der Waals surface area contributed by atoms with Gasteiger partial charge in [0.1, 0.15) is 11.8 Å². The number of carbonyl (C=O) groups excluding carboxylic acids is 1. The second-order valence-electron chi connectivity index (χ2n) is 3.67. The molecule has 0 aliphatic heterocycles. The molecule has 17 heavy (non-hydrogen) atoms. The number of hydrogen-bond donors (Lipinski definition) is 3. The number of carboxylic acids is 1. The monoisotopic (exact) mass is 237 g/mol. The van der Waals surface area contributed by atoms with Crippen LogP contribution in [-0.2, 0) is 4.79 Å². The van der Waals surface area contributed by atoms with Crippen molar-refractivity contribution in [2.75, 3.05) is 0 Å². The Kier molecular flexibility index (Phi) is 4.51. The van der Waals surface area contributed by atoms with Crippen molar-refractivity contribution >= 4 is 11.9 Å². The van der Waals surface area contributed by atoms with Crippen molar-refractivity contribution in [3.05, 3.63) is 29.8 Å². The Morgan fingerprint density at radius 1 is 1.35 bits per heavy atom. The number of aliphatic carboxylic acids is 1. The third-order valence-corrected chi connectivity index (χ3v) is 2.33. The summed E-state index contributed by atoms with van der Waals surface area (Å²) in [5, 5.41) is 20.7. The largest absolute Gasteiger partial charge is 0.507 e. The topological polar surface area (TPSA) is 86.6 Å². The van der Waals surface area contributed by atoms with Crippen molar-refractivity contribution in [2.45, 2.75) is 25.8 Å². The van der Waals surface area contributed by atoms with Gasteiger partial charge in [-0.2, -0.15) is 0 Å². The number of phenols is 1. The predicted molar refractivity (Wildman–Crippen MR) is 61.9 cm³/mol. The highest BCUT2D eigenvalue weighted by Gasteiger charge is 2.20. The average Bonchev–Trinajstić information content (AvgIpc) is 2.28. The molecule has 0 spiro atoms. The maximum atomic E-state index is 11.7. The summed E-state index contributed by atoms with van der Waals surface area (Å²) in [6, 6.07) is 5.09. The maximum Gasteiger partial charge on any atom is 0.326 e. The number of amides is 1. The fraction of sp³-hybridized carbons (Fsp3) is 0.333. The Morgan fingerprint density at radius 3 is 2.53 bits per heavy atom. The molecule has 0 heterocycles. The van der Waals surface area contributed by atoms with Gasteiger partial charge in [-0.25, -0.2) is 4.79 Å². The third-order valence-electron chi connectivity index (χ3n) is 2.33. The van der Waals surface area contributed by atoms with Crippen LogP contribution in [0.1, 0.15) is 30.1 Å². The SMILES string of the molecule is CCCC(NC(=O)c1ccccc1O)C(=O)O. The number of rotatable bonds is 5. The van der Waals surface area contributed by atoms with Crippen LogP contribution in [0, 0.1) is 0 Å². The number of phenolic OH excluding ortho intramolecular Hbond substituents is 1. The first-order valence-electron chi connectivity index (χ1n) is 5.38. The van der Waals surface area contributed by atoms with E-state index in [0.29, 0.717) is 12.8 Å². The Bertz CT molecular complexity index is 417. The molecule has 0 fully saturated rings. The van der Waals surface area contributed by atoms with E-state index < -0.39 is 17.9 Å². The molecule has 0 bridgehead atoms. The number of para-hydroxylation sites is 1. The molecule has 92 valence electrons. The van der Waals surface area contributed by atoms with Crippen molar-refractivity contribution in [1.82, 2.24) is 5.32 Å². The molecule has 0 saturated heterocycles. The lowest BCUT2D eigenvalue weighted by molar-refractivity contribution is -0.139. The predicted octanol–water partition coefficient (Wildman–Crippen LogP) is 1.38. The fourth-order valence-electron chi connectivity index (χ4n) is 1.45. The molecule has 1 rings (SSSR count). The lowest BCUT2D eigenvalue weighted by Gasteiger charge is -2.13. The van der Waals surface area contributed by atoms with E-state index in [4.69, 9.17) is 5.11 Å². The molecule has 1 aromatic carbocycles. The summed E-state index contributed by atoms with van der Waals surface area (Å²) in [6.45, 7) is 1.84. The van der Waals surface area contributed by atoms with Gasteiger partial charge in [-0.05, 0) is 18.6 Å². The molecule has 1 amide bonds. The quantitative estimate of drug-likeness (QED) is 0.722. The van der Waals surface area contributed by atoms with E-state index >= 15 is 0 Å². The number of carboxylic acid groups (broad SMARTS) is 1. The number of hydrogen-bond acceptors (Lipinski definition) is 3. The van der Waals surface area contributed by atoms with Gasteiger partial charge in [0.25, 0.3) is 5.91 Å². The Morgan fingerprint density at radius 2 is 2.00 bits per heavy atom. The minimum atomic E-state index is -1.07. The van der Waals surface area contributed by atoms with Gasteiger partial charge in [0.2, 0.25) is 0 Å². The van der Waals surface area contributed by atoms with E-state index in [1.807, 2.05) is 6.92 Å². The molecule has 0 aliphatic carbocycles. The van der Waals surface area contributed by atoms with Gasteiger partial charge in [0.05, 0.1) is 5.56 Å². The summed E-state index contributed by atoms with van der Waals surface area (Å²) in [7, 11) is 0. The number of aromatic hydroxyl groups is 1. The minimum absolute atomic E-state index is 0.0786. The van der Waals surface area contributed by atoms with Crippen molar-refractivity contribution in [1.29, 1.82) is 0 Å². The molecule has 3 N–H and O–H groups in total. The van der Waals surface area contributed by atoms with Crippen molar-refractivity contribution in [2.24, 2.45) is 0 Å². The van der Waals surface area contributed by atoms with Crippen LogP contribution in [0.15, 0.2) is 24.3 Å². The number of nitrogens with one attached hydrogen (secondary N) is 1. The van der Waals surface area contributed by atoms with Crippen LogP contribution in [0.2, 0.25) is 0 Å². The third kappa shape index (κ3) is 3.48. The zero-order valence-electron chi connectivity index (χ0n) is 9.51. The Labute approximate surface area is 99.1 Å². The second kappa shape index (κ2) is 5.89. The van der Waals surface area contributed by atoms with Crippen LogP contribution in [0.3, 0.4) is 0 Å². The van der Waals surface area contributed by atoms with Gasteiger partial charge >= 0.3 is 5.97 Å². The van der Waals surface area contributed by atoms with E-state index in [2.05, 4.69) is 5.32 Å². The number of carbonyl (C=O) groups is 2. The standard InChI is InChI=1S/C12H15NO4/c1-2-5-9(12(16)17)13-11(15)8-6-3-4-7-10(8)14/h3-4,6-7,9,14H,2,5H2,1H3,(H,13,15)(H,16,17). The summed E-state index contributed by atoms with van der Waals surface area (Å²) in [6.07, 6.45) is 1.01. The molecule has 0 saturated carbocycles. The first kappa shape index (κ1) is 13.0. The summed E-state index contributed by atoms with van der Waals surface area (Å²) in [5.41, 5.74) is 0.0786. The summed E-state index contributed by atoms with van der Waals surface area (Å²) < 4.78 is 0. The zero-order valence-corrected chi connectivity index (χ0v) is 9.51. The minimum Gasteiger partial charge on any atom is -0.507 e. The highest BCUT2D eigenvalue weighted by molar-refractivity contribution is 5.98. The molecular weight excluding hydrogens is 222 g/mol. The van der Waals surface area contributed by atoms with E-state index in [9.17, 15) is 14.7 Å². The smallest absolute Gasteiger partial charge is 0.326 e. The fourth-order valence-corrected chi connectivity index (χ4v) is 1.45. The van der Waals surface area contributed by atoms with E-state index in [1.165, 1.54) is 12.1 Å². The highest BCUT2D eigenvalue weighted by Crippen LogP contribution is 2.15. The van der Waals surface area contributed by atoms with Crippen LogP contribution in [0.25, 0.3) is 0 Å². The first-order chi connectivity index (χ1) is 8.06. The van der Waals surface area contributed by atoms with E-state index in [1.54, 1.807) is 12.1 Å². The van der Waals surface area contributed by atoms with Gasteiger partial charge in [-0.1, -0.05) is 25.5 Å². The normalized spacial score (nSPS) is 11.8. The molecule has 0 aliphatic rings. The van der Waals surface area contributed by atoms with Crippen molar-refractivity contribution in [3.63, 3.8) is 0 Å². The van der Waals surface area contributed by atoms with Crippen LogP contribution in [-0.4, -0.2) is 28.1 Å². The summed E-state index contributed by atoms with van der Waals surface area (Å²) in [4.78, 5) is 22.6. The molecule has 1 unspecified atom stereocenters. The lowest BCUT2D eigenvalue weighted by Crippen LogP contribution is -2.40. The van der Waals surface area contributed by atoms with Gasteiger partial charge in [0.15, 0.2) is 0 Å². The summed E-state index contributed by atoms with van der Waals surface area (Å²) >= 11 is 0. The lowest BCUT2D eigenvalue weighted by atomic mass is 10.1. The van der Waals surface area contributed by atoms with Gasteiger partial charge in [-0.15, -0.1) is 0 Å².